The van der Waals surface area contributed by atoms with Crippen LogP contribution in [-0.2, 0) is 9.59 Å². The number of rotatable bonds is 4. The predicted molar refractivity (Wildman–Crippen MR) is 64.8 cm³/mol. The van der Waals surface area contributed by atoms with Crippen LogP contribution < -0.4 is 0 Å². The number of carboxylic acids is 1. The quantitative estimate of drug-likeness (QED) is 0.792. The zero-order valence-electron chi connectivity index (χ0n) is 10.7. The summed E-state index contributed by atoms with van der Waals surface area (Å²) in [6.45, 7) is 1.25. The Bertz CT molecular complexity index is 279. The van der Waals surface area contributed by atoms with Crippen molar-refractivity contribution < 1.29 is 14.7 Å². The molecule has 0 radical (unpaired) electrons. The zero-order chi connectivity index (χ0) is 12.8. The second kappa shape index (κ2) is 6.59. The van der Waals surface area contributed by atoms with Gasteiger partial charge in [0.2, 0.25) is 5.91 Å². The molecule has 0 saturated carbocycles. The van der Waals surface area contributed by atoms with Crippen LogP contribution in [0.5, 0.6) is 0 Å². The second-order valence-electron chi connectivity index (χ2n) is 4.84. The van der Waals surface area contributed by atoms with Crippen LogP contribution in [0.2, 0.25) is 0 Å². The molecule has 0 bridgehead atoms. The zero-order valence-corrected chi connectivity index (χ0v) is 10.7. The Balaban J connectivity index is 2.62. The lowest BCUT2D eigenvalue weighted by Crippen LogP contribution is -2.45. The molecule has 0 aromatic carbocycles. The SMILES string of the molecule is CN(C)CCC(=O)N1CCCCCC1C(=O)O. The Labute approximate surface area is 102 Å². The molecule has 1 fully saturated rings. The van der Waals surface area contributed by atoms with Crippen molar-refractivity contribution in [3.63, 3.8) is 0 Å². The van der Waals surface area contributed by atoms with Gasteiger partial charge < -0.3 is 14.9 Å². The maximum Gasteiger partial charge on any atom is 0.326 e. The fraction of sp³-hybridized carbons (Fsp3) is 0.833. The van der Waals surface area contributed by atoms with E-state index in [2.05, 4.69) is 0 Å². The maximum atomic E-state index is 12.0. The van der Waals surface area contributed by atoms with Gasteiger partial charge in [0.05, 0.1) is 0 Å². The first kappa shape index (κ1) is 14.0. The Morgan fingerprint density at radius 3 is 2.59 bits per heavy atom. The van der Waals surface area contributed by atoms with E-state index < -0.39 is 12.0 Å². The lowest BCUT2D eigenvalue weighted by molar-refractivity contribution is -0.150. The van der Waals surface area contributed by atoms with Gasteiger partial charge in [-0.3, -0.25) is 4.79 Å². The molecule has 98 valence electrons. The first-order chi connectivity index (χ1) is 8.02. The second-order valence-corrected chi connectivity index (χ2v) is 4.84. The fourth-order valence-electron chi connectivity index (χ4n) is 2.13. The molecule has 1 unspecified atom stereocenters. The topological polar surface area (TPSA) is 60.9 Å². The third kappa shape index (κ3) is 4.34. The number of carboxylic acid groups (broad SMARTS) is 1. The summed E-state index contributed by atoms with van der Waals surface area (Å²) in [5.41, 5.74) is 0. The minimum atomic E-state index is -0.870. The van der Waals surface area contributed by atoms with Gasteiger partial charge in [-0.15, -0.1) is 0 Å². The Morgan fingerprint density at radius 2 is 2.00 bits per heavy atom. The van der Waals surface area contributed by atoms with Crippen molar-refractivity contribution in [2.45, 2.75) is 38.1 Å². The first-order valence-electron chi connectivity index (χ1n) is 6.19. The van der Waals surface area contributed by atoms with Gasteiger partial charge in [-0.2, -0.15) is 0 Å². The van der Waals surface area contributed by atoms with Crippen molar-refractivity contribution in [3.8, 4) is 0 Å². The van der Waals surface area contributed by atoms with E-state index in [0.29, 0.717) is 25.9 Å². The van der Waals surface area contributed by atoms with E-state index in [9.17, 15) is 9.59 Å². The summed E-state index contributed by atoms with van der Waals surface area (Å²) in [5, 5.41) is 9.16. The molecule has 1 aliphatic rings. The van der Waals surface area contributed by atoms with Gasteiger partial charge in [0, 0.05) is 19.5 Å². The third-order valence-corrected chi connectivity index (χ3v) is 3.13. The number of hydrogen-bond donors (Lipinski definition) is 1. The van der Waals surface area contributed by atoms with Crippen LogP contribution in [0.15, 0.2) is 0 Å². The molecular weight excluding hydrogens is 220 g/mol. The lowest BCUT2D eigenvalue weighted by atomic mass is 10.1. The Kier molecular flexibility index (Phi) is 5.41. The highest BCUT2D eigenvalue weighted by atomic mass is 16.4. The van der Waals surface area contributed by atoms with Crippen LogP contribution in [0.1, 0.15) is 32.1 Å². The van der Waals surface area contributed by atoms with Crippen LogP contribution in [-0.4, -0.2) is 60.0 Å². The van der Waals surface area contributed by atoms with Crippen molar-refractivity contribution in [1.82, 2.24) is 9.80 Å². The first-order valence-corrected chi connectivity index (χ1v) is 6.19. The molecular formula is C12H22N2O3. The summed E-state index contributed by atoms with van der Waals surface area (Å²) >= 11 is 0. The van der Waals surface area contributed by atoms with Crippen molar-refractivity contribution >= 4 is 11.9 Å². The number of carbonyl (C=O) groups excluding carboxylic acids is 1. The number of nitrogens with zero attached hydrogens (tertiary/aromatic N) is 2. The maximum absolute atomic E-state index is 12.0. The summed E-state index contributed by atoms with van der Waals surface area (Å²) in [5.74, 6) is -0.905. The van der Waals surface area contributed by atoms with E-state index in [1.165, 1.54) is 0 Å². The molecule has 5 nitrogen and oxygen atoms in total. The standard InChI is InChI=1S/C12H22N2O3/c1-13(2)9-7-11(15)14-8-5-3-4-6-10(14)12(16)17/h10H,3-9H2,1-2H3,(H,16,17). The molecule has 1 N–H and O–H groups in total. The van der Waals surface area contributed by atoms with E-state index >= 15 is 0 Å². The molecule has 1 saturated heterocycles. The fourth-order valence-corrected chi connectivity index (χ4v) is 2.13. The monoisotopic (exact) mass is 242 g/mol. The molecule has 1 atom stereocenters. The summed E-state index contributed by atoms with van der Waals surface area (Å²) in [7, 11) is 3.81. The van der Waals surface area contributed by atoms with E-state index in [4.69, 9.17) is 5.11 Å². The molecule has 0 aromatic heterocycles. The van der Waals surface area contributed by atoms with Gasteiger partial charge in [0.1, 0.15) is 6.04 Å². The lowest BCUT2D eigenvalue weighted by Gasteiger charge is -2.27. The van der Waals surface area contributed by atoms with Crippen LogP contribution in [0.25, 0.3) is 0 Å². The normalized spacial score (nSPS) is 21.4. The minimum Gasteiger partial charge on any atom is -0.480 e. The smallest absolute Gasteiger partial charge is 0.326 e. The highest BCUT2D eigenvalue weighted by Crippen LogP contribution is 2.18. The van der Waals surface area contributed by atoms with Gasteiger partial charge in [0.15, 0.2) is 0 Å². The van der Waals surface area contributed by atoms with Crippen LogP contribution in [0, 0.1) is 0 Å². The molecule has 1 amide bonds. The number of likely N-dealkylation sites (tertiary alicyclic amines) is 1. The third-order valence-electron chi connectivity index (χ3n) is 3.13. The highest BCUT2D eigenvalue weighted by Gasteiger charge is 2.30. The number of hydrogen-bond acceptors (Lipinski definition) is 3. The molecule has 0 aromatic rings. The summed E-state index contributed by atoms with van der Waals surface area (Å²) < 4.78 is 0. The highest BCUT2D eigenvalue weighted by molar-refractivity contribution is 5.83. The van der Waals surface area contributed by atoms with Gasteiger partial charge in [-0.25, -0.2) is 4.79 Å². The molecule has 0 aliphatic carbocycles. The minimum absolute atomic E-state index is 0.0343. The van der Waals surface area contributed by atoms with Crippen molar-refractivity contribution in [2.75, 3.05) is 27.2 Å². The Hall–Kier alpha value is -1.10. The molecule has 0 spiro atoms. The van der Waals surface area contributed by atoms with Crippen molar-refractivity contribution in [3.05, 3.63) is 0 Å². The Morgan fingerprint density at radius 1 is 1.29 bits per heavy atom. The molecule has 1 heterocycles. The van der Waals surface area contributed by atoms with Gasteiger partial charge in [-0.1, -0.05) is 12.8 Å². The van der Waals surface area contributed by atoms with Crippen molar-refractivity contribution in [1.29, 1.82) is 0 Å². The van der Waals surface area contributed by atoms with E-state index in [1.54, 1.807) is 4.90 Å². The molecule has 17 heavy (non-hydrogen) atoms. The van der Waals surface area contributed by atoms with Crippen LogP contribution in [0.3, 0.4) is 0 Å². The molecule has 1 rings (SSSR count). The van der Waals surface area contributed by atoms with E-state index in [0.717, 1.165) is 19.3 Å². The number of carbonyl (C=O) groups is 2. The number of aliphatic carboxylic acids is 1. The molecule has 5 heteroatoms. The summed E-state index contributed by atoms with van der Waals surface area (Å²) in [4.78, 5) is 26.7. The van der Waals surface area contributed by atoms with E-state index in [1.807, 2.05) is 19.0 Å². The number of amides is 1. The summed E-state index contributed by atoms with van der Waals surface area (Å²) in [6, 6.07) is -0.618. The average molecular weight is 242 g/mol. The van der Waals surface area contributed by atoms with Crippen molar-refractivity contribution in [2.24, 2.45) is 0 Å². The van der Waals surface area contributed by atoms with Gasteiger partial charge >= 0.3 is 5.97 Å². The van der Waals surface area contributed by atoms with Gasteiger partial charge in [0.25, 0.3) is 0 Å². The molecule has 1 aliphatic heterocycles. The predicted octanol–water partition coefficient (Wildman–Crippen LogP) is 0.794. The largest absolute Gasteiger partial charge is 0.480 e. The average Bonchev–Trinajstić information content (AvgIpc) is 2.50. The van der Waals surface area contributed by atoms with Gasteiger partial charge in [-0.05, 0) is 26.9 Å². The van der Waals surface area contributed by atoms with Crippen LogP contribution >= 0.6 is 0 Å². The van der Waals surface area contributed by atoms with Crippen LogP contribution in [0.4, 0.5) is 0 Å². The van der Waals surface area contributed by atoms with E-state index in [-0.39, 0.29) is 5.91 Å². The summed E-state index contributed by atoms with van der Waals surface area (Å²) in [6.07, 6.45) is 3.81.